The van der Waals surface area contributed by atoms with Gasteiger partial charge >= 0.3 is 0 Å². The van der Waals surface area contributed by atoms with Crippen molar-refractivity contribution in [3.8, 4) is 33.4 Å². The lowest BCUT2D eigenvalue weighted by Crippen LogP contribution is -2.11. The summed E-state index contributed by atoms with van der Waals surface area (Å²) in [5.41, 5.74) is 12.1. The molecule has 0 aliphatic carbocycles. The predicted molar refractivity (Wildman–Crippen MR) is 220 cm³/mol. The van der Waals surface area contributed by atoms with E-state index in [1.54, 1.807) is 0 Å². The Kier molecular flexibility index (Phi) is 7.18. The maximum Gasteiger partial charge on any atom is 0.137 e. The normalized spacial score (nSPS) is 11.5. The van der Waals surface area contributed by atoms with Crippen molar-refractivity contribution in [1.29, 1.82) is 0 Å². The van der Waals surface area contributed by atoms with Gasteiger partial charge in [0.1, 0.15) is 11.2 Å². The lowest BCUT2D eigenvalue weighted by Gasteiger charge is -2.28. The van der Waals surface area contributed by atoms with Crippen LogP contribution in [0.15, 0.2) is 205 Å². The van der Waals surface area contributed by atoms with Gasteiger partial charge in [0.05, 0.1) is 16.8 Å². The zero-order valence-electron chi connectivity index (χ0n) is 28.4. The molecule has 9 aromatic carbocycles. The van der Waals surface area contributed by atoms with Gasteiger partial charge in [0.2, 0.25) is 0 Å². The topological polar surface area (TPSA) is 16.4 Å². The van der Waals surface area contributed by atoms with Gasteiger partial charge in [-0.3, -0.25) is 0 Å². The zero-order valence-corrected chi connectivity index (χ0v) is 28.4. The van der Waals surface area contributed by atoms with Crippen LogP contribution < -0.4 is 4.90 Å². The summed E-state index contributed by atoms with van der Waals surface area (Å²) in [5, 5.41) is 7.17. The van der Waals surface area contributed by atoms with Crippen LogP contribution in [0.3, 0.4) is 0 Å². The molecule has 0 unspecified atom stereocenters. The van der Waals surface area contributed by atoms with Gasteiger partial charge in [-0.2, -0.15) is 0 Å². The molecule has 0 atom stereocenters. The minimum Gasteiger partial charge on any atom is -0.456 e. The van der Waals surface area contributed by atoms with Crippen LogP contribution in [0.25, 0.3) is 76.9 Å². The molecule has 0 saturated heterocycles. The first-order valence-electron chi connectivity index (χ1n) is 17.8. The van der Waals surface area contributed by atoms with E-state index in [0.717, 1.165) is 44.6 Å². The summed E-state index contributed by atoms with van der Waals surface area (Å²) in [6.07, 6.45) is 0. The first kappa shape index (κ1) is 30.0. The summed E-state index contributed by atoms with van der Waals surface area (Å²) in [4.78, 5) is 2.39. The van der Waals surface area contributed by atoms with Crippen LogP contribution in [0, 0.1) is 0 Å². The molecule has 0 N–H and O–H groups in total. The molecule has 0 aliphatic rings. The molecule has 10 aromatic rings. The Labute approximate surface area is 302 Å². The molecule has 0 fully saturated rings. The highest BCUT2D eigenvalue weighted by Crippen LogP contribution is 2.46. The molecular weight excluding hydrogens is 631 g/mol. The third-order valence-electron chi connectivity index (χ3n) is 10.3. The van der Waals surface area contributed by atoms with Gasteiger partial charge in [-0.05, 0) is 97.9 Å². The molecule has 0 spiro atoms. The maximum absolute atomic E-state index is 6.39. The third-order valence-corrected chi connectivity index (χ3v) is 10.3. The number of benzene rings is 9. The predicted octanol–water partition coefficient (Wildman–Crippen LogP) is 14.4. The summed E-state index contributed by atoms with van der Waals surface area (Å²) < 4.78 is 6.39. The van der Waals surface area contributed by atoms with E-state index in [1.165, 1.54) is 49.4 Å². The molecule has 0 amide bonds. The molecule has 2 heteroatoms. The van der Waals surface area contributed by atoms with Crippen molar-refractivity contribution in [2.24, 2.45) is 0 Å². The number of nitrogens with zero attached hydrogens (tertiary/aromatic N) is 1. The lowest BCUT2D eigenvalue weighted by molar-refractivity contribution is 0.669. The minimum absolute atomic E-state index is 0.870. The van der Waals surface area contributed by atoms with E-state index in [-0.39, 0.29) is 0 Å². The van der Waals surface area contributed by atoms with Crippen LogP contribution in [0.5, 0.6) is 0 Å². The lowest BCUT2D eigenvalue weighted by atomic mass is 9.97. The second kappa shape index (κ2) is 12.5. The molecule has 10 rings (SSSR count). The average Bonchev–Trinajstić information content (AvgIpc) is 3.61. The Morgan fingerprint density at radius 2 is 0.827 bits per heavy atom. The van der Waals surface area contributed by atoms with Crippen molar-refractivity contribution < 1.29 is 4.42 Å². The number of hydrogen-bond acceptors (Lipinski definition) is 2. The first-order chi connectivity index (χ1) is 25.8. The third kappa shape index (κ3) is 5.21. The molecule has 0 radical (unpaired) electrons. The average molecular weight is 664 g/mol. The molecule has 2 nitrogen and oxygen atoms in total. The van der Waals surface area contributed by atoms with E-state index in [0.29, 0.717) is 0 Å². The van der Waals surface area contributed by atoms with Gasteiger partial charge < -0.3 is 9.32 Å². The van der Waals surface area contributed by atoms with E-state index in [2.05, 4.69) is 193 Å². The van der Waals surface area contributed by atoms with E-state index in [9.17, 15) is 0 Å². The number of furan rings is 1. The summed E-state index contributed by atoms with van der Waals surface area (Å²) >= 11 is 0. The van der Waals surface area contributed by atoms with Crippen LogP contribution in [-0.2, 0) is 0 Å². The van der Waals surface area contributed by atoms with Crippen LogP contribution in [-0.4, -0.2) is 0 Å². The molecule has 0 bridgehead atoms. The second-order valence-corrected chi connectivity index (χ2v) is 13.3. The van der Waals surface area contributed by atoms with Gasteiger partial charge in [0.15, 0.2) is 0 Å². The van der Waals surface area contributed by atoms with E-state index >= 15 is 0 Å². The first-order valence-corrected chi connectivity index (χ1v) is 17.8. The van der Waals surface area contributed by atoms with Gasteiger partial charge in [-0.1, -0.05) is 152 Å². The summed E-state index contributed by atoms with van der Waals surface area (Å²) in [6.45, 7) is 0. The number of rotatable bonds is 6. The zero-order chi connectivity index (χ0) is 34.4. The Balaban J connectivity index is 1.09. The fourth-order valence-electron chi connectivity index (χ4n) is 7.65. The largest absolute Gasteiger partial charge is 0.456 e. The van der Waals surface area contributed by atoms with E-state index < -0.39 is 0 Å². The Hall–Kier alpha value is -6.90. The van der Waals surface area contributed by atoms with Crippen molar-refractivity contribution >= 4 is 60.5 Å². The van der Waals surface area contributed by atoms with Crippen LogP contribution in [0.4, 0.5) is 17.1 Å². The molecule has 244 valence electrons. The molecule has 0 aliphatic heterocycles. The molecular formula is C50H33NO. The molecule has 1 aromatic heterocycles. The summed E-state index contributed by atoms with van der Waals surface area (Å²) in [5.74, 6) is 0. The van der Waals surface area contributed by atoms with Crippen molar-refractivity contribution in [2.45, 2.75) is 0 Å². The number of fused-ring (bicyclic) bond motifs is 5. The second-order valence-electron chi connectivity index (χ2n) is 13.3. The van der Waals surface area contributed by atoms with Gasteiger partial charge in [-0.25, -0.2) is 0 Å². The monoisotopic (exact) mass is 663 g/mol. The number of hydrogen-bond donors (Lipinski definition) is 0. The van der Waals surface area contributed by atoms with Gasteiger partial charge in [0, 0.05) is 16.6 Å². The highest BCUT2D eigenvalue weighted by molar-refractivity contribution is 6.14. The van der Waals surface area contributed by atoms with Gasteiger partial charge in [-0.15, -0.1) is 0 Å². The fraction of sp³-hybridized carbons (Fsp3) is 0. The van der Waals surface area contributed by atoms with Crippen LogP contribution >= 0.6 is 0 Å². The SMILES string of the molecule is c1ccc(N(c2ccc(-c3ccc(-c4ccc5ccccc5c4)cc3)cc2)c2cccc3oc4ccccc4c23)c(-c2ccc3ccccc3c2)c1. The Morgan fingerprint density at radius 1 is 0.327 bits per heavy atom. The standard InChI is InChI=1S/C50H33NO/c1-3-12-39-32-41(26-24-34(39)10-1)38-22-20-36(21-23-38)37-28-30-43(31-29-37)51(47-17-9-19-49-50(47)45-15-6-8-18-48(45)52-49)46-16-7-5-14-44(46)42-27-25-35-11-2-4-13-40(35)33-42/h1-33H. The van der Waals surface area contributed by atoms with Crippen LogP contribution in [0.1, 0.15) is 0 Å². The Morgan fingerprint density at radius 3 is 1.56 bits per heavy atom. The quantitative estimate of drug-likeness (QED) is 0.176. The minimum atomic E-state index is 0.870. The highest BCUT2D eigenvalue weighted by atomic mass is 16.3. The fourth-order valence-corrected chi connectivity index (χ4v) is 7.65. The highest BCUT2D eigenvalue weighted by Gasteiger charge is 2.22. The molecule has 1 heterocycles. The molecule has 52 heavy (non-hydrogen) atoms. The number of anilines is 3. The van der Waals surface area contributed by atoms with Crippen molar-refractivity contribution in [3.63, 3.8) is 0 Å². The van der Waals surface area contributed by atoms with E-state index in [1.807, 2.05) is 12.1 Å². The van der Waals surface area contributed by atoms with Crippen molar-refractivity contribution in [3.05, 3.63) is 200 Å². The van der Waals surface area contributed by atoms with E-state index in [4.69, 9.17) is 4.42 Å². The van der Waals surface area contributed by atoms with Crippen LogP contribution in [0.2, 0.25) is 0 Å². The summed E-state index contributed by atoms with van der Waals surface area (Å²) in [7, 11) is 0. The van der Waals surface area contributed by atoms with Gasteiger partial charge in [0.25, 0.3) is 0 Å². The van der Waals surface area contributed by atoms with Crippen molar-refractivity contribution in [2.75, 3.05) is 4.90 Å². The molecule has 0 saturated carbocycles. The summed E-state index contributed by atoms with van der Waals surface area (Å²) in [6, 6.07) is 71.8. The smallest absolute Gasteiger partial charge is 0.137 e. The Bertz CT molecular complexity index is 2900. The maximum atomic E-state index is 6.39. The van der Waals surface area contributed by atoms with Crippen molar-refractivity contribution in [1.82, 2.24) is 0 Å². The number of para-hydroxylation sites is 2.